The molecule has 0 aliphatic rings. The minimum Gasteiger partial charge on any atom is -0.464 e. The maximum Gasteiger partial charge on any atom is 0.339 e. The Morgan fingerprint density at radius 1 is 1.67 bits per heavy atom. The third-order valence-electron chi connectivity index (χ3n) is 1.76. The lowest BCUT2D eigenvalue weighted by Gasteiger charge is -2.11. The maximum atomic E-state index is 11.3. The number of carbonyl (C=O) groups excluding carboxylic acids is 1. The number of benzene rings is 1. The molecule has 15 heavy (non-hydrogen) atoms. The minimum atomic E-state index is -1.34. The molecule has 0 spiro atoms. The average molecular weight is 294 g/mol. The van der Waals surface area contributed by atoms with Crippen LogP contribution >= 0.6 is 27.5 Å². The van der Waals surface area contributed by atoms with Gasteiger partial charge in [0, 0.05) is 15.1 Å². The molecule has 0 heterocycles. The van der Waals surface area contributed by atoms with Crippen LogP contribution in [0.15, 0.2) is 22.7 Å². The van der Waals surface area contributed by atoms with Gasteiger partial charge in [-0.15, -0.1) is 0 Å². The van der Waals surface area contributed by atoms with Gasteiger partial charge in [-0.3, -0.25) is 0 Å². The molecule has 1 rings (SSSR count). The van der Waals surface area contributed by atoms with Crippen LogP contribution in [0, 0.1) is 0 Å². The Hall–Kier alpha value is -0.580. The van der Waals surface area contributed by atoms with Crippen LogP contribution in [-0.2, 0) is 9.53 Å². The second-order valence-electron chi connectivity index (χ2n) is 2.82. The number of hydrogen-bond donors (Lipinski definition) is 1. The van der Waals surface area contributed by atoms with Crippen LogP contribution in [0.5, 0.6) is 0 Å². The van der Waals surface area contributed by atoms with Gasteiger partial charge in [-0.2, -0.15) is 0 Å². The third kappa shape index (κ3) is 3.19. The molecule has 0 radical (unpaired) electrons. The molecular formula is C10H10BrClO3. The predicted octanol–water partition coefficient (Wildman–Crippen LogP) is 2.70. The van der Waals surface area contributed by atoms with E-state index in [1.54, 1.807) is 25.1 Å². The van der Waals surface area contributed by atoms with Crippen LogP contribution in [0.1, 0.15) is 18.6 Å². The second-order valence-corrected chi connectivity index (χ2v) is 4.14. The topological polar surface area (TPSA) is 46.5 Å². The Labute approximate surface area is 101 Å². The van der Waals surface area contributed by atoms with Gasteiger partial charge in [0.05, 0.1) is 6.61 Å². The van der Waals surface area contributed by atoms with Crippen molar-refractivity contribution in [3.63, 3.8) is 0 Å². The molecule has 0 amide bonds. The first-order valence-corrected chi connectivity index (χ1v) is 5.53. The smallest absolute Gasteiger partial charge is 0.339 e. The van der Waals surface area contributed by atoms with Crippen molar-refractivity contribution in [2.75, 3.05) is 6.61 Å². The zero-order valence-corrected chi connectivity index (χ0v) is 10.4. The highest BCUT2D eigenvalue weighted by Crippen LogP contribution is 2.27. The molecule has 0 aliphatic carbocycles. The largest absolute Gasteiger partial charge is 0.464 e. The fourth-order valence-corrected chi connectivity index (χ4v) is 1.67. The summed E-state index contributed by atoms with van der Waals surface area (Å²) < 4.78 is 5.43. The fourth-order valence-electron chi connectivity index (χ4n) is 1.07. The Morgan fingerprint density at radius 3 is 2.93 bits per heavy atom. The van der Waals surface area contributed by atoms with E-state index in [0.29, 0.717) is 10.6 Å². The molecule has 1 atom stereocenters. The Balaban J connectivity index is 2.94. The maximum absolute atomic E-state index is 11.3. The zero-order chi connectivity index (χ0) is 11.4. The number of ether oxygens (including phenoxy) is 1. The van der Waals surface area contributed by atoms with E-state index >= 15 is 0 Å². The Morgan fingerprint density at radius 2 is 2.33 bits per heavy atom. The lowest BCUT2D eigenvalue weighted by atomic mass is 10.1. The fraction of sp³-hybridized carbons (Fsp3) is 0.300. The molecule has 3 nitrogen and oxygen atoms in total. The van der Waals surface area contributed by atoms with Crippen LogP contribution in [0.25, 0.3) is 0 Å². The normalized spacial score (nSPS) is 12.3. The van der Waals surface area contributed by atoms with Gasteiger partial charge in [0.1, 0.15) is 0 Å². The van der Waals surface area contributed by atoms with Gasteiger partial charge in [0.25, 0.3) is 0 Å². The Bertz CT molecular complexity index is 368. The van der Waals surface area contributed by atoms with Gasteiger partial charge in [-0.05, 0) is 25.1 Å². The molecule has 0 saturated heterocycles. The van der Waals surface area contributed by atoms with Gasteiger partial charge in [0.15, 0.2) is 6.10 Å². The van der Waals surface area contributed by atoms with Gasteiger partial charge in [-0.25, -0.2) is 4.79 Å². The van der Waals surface area contributed by atoms with E-state index in [-0.39, 0.29) is 6.61 Å². The summed E-state index contributed by atoms with van der Waals surface area (Å²) >= 11 is 9.08. The van der Waals surface area contributed by atoms with Crippen molar-refractivity contribution in [3.8, 4) is 0 Å². The Kier molecular flexibility index (Phi) is 4.57. The number of esters is 1. The lowest BCUT2D eigenvalue weighted by molar-refractivity contribution is -0.153. The van der Waals surface area contributed by atoms with Crippen molar-refractivity contribution in [1.82, 2.24) is 0 Å². The summed E-state index contributed by atoms with van der Waals surface area (Å²) in [5.74, 6) is -0.697. The van der Waals surface area contributed by atoms with Crippen molar-refractivity contribution in [2.45, 2.75) is 13.0 Å². The summed E-state index contributed by atoms with van der Waals surface area (Å²) in [6.07, 6.45) is -1.34. The summed E-state index contributed by atoms with van der Waals surface area (Å²) in [6, 6.07) is 4.91. The SMILES string of the molecule is CCOC(=O)C(O)c1cc(Br)ccc1Cl. The van der Waals surface area contributed by atoms with Crippen molar-refractivity contribution in [1.29, 1.82) is 0 Å². The first kappa shape index (κ1) is 12.5. The van der Waals surface area contributed by atoms with Crippen LogP contribution in [0.3, 0.4) is 0 Å². The molecule has 0 aliphatic heterocycles. The zero-order valence-electron chi connectivity index (χ0n) is 8.04. The summed E-state index contributed by atoms with van der Waals surface area (Å²) in [4.78, 5) is 11.3. The van der Waals surface area contributed by atoms with E-state index in [1.807, 2.05) is 0 Å². The lowest BCUT2D eigenvalue weighted by Crippen LogP contribution is -2.15. The van der Waals surface area contributed by atoms with Crippen LogP contribution < -0.4 is 0 Å². The number of carbonyl (C=O) groups is 1. The highest BCUT2D eigenvalue weighted by molar-refractivity contribution is 9.10. The number of hydrogen-bond acceptors (Lipinski definition) is 3. The second kappa shape index (κ2) is 5.49. The molecule has 1 unspecified atom stereocenters. The van der Waals surface area contributed by atoms with Gasteiger partial charge < -0.3 is 9.84 Å². The first-order valence-electron chi connectivity index (χ1n) is 4.36. The monoisotopic (exact) mass is 292 g/mol. The quantitative estimate of drug-likeness (QED) is 0.872. The molecule has 1 aromatic carbocycles. The van der Waals surface area contributed by atoms with Crippen molar-refractivity contribution in [3.05, 3.63) is 33.3 Å². The molecule has 0 aromatic heterocycles. The molecule has 5 heteroatoms. The average Bonchev–Trinajstić information content (AvgIpc) is 2.21. The van der Waals surface area contributed by atoms with Crippen LogP contribution in [-0.4, -0.2) is 17.7 Å². The first-order chi connectivity index (χ1) is 7.06. The van der Waals surface area contributed by atoms with Crippen molar-refractivity contribution in [2.24, 2.45) is 0 Å². The summed E-state index contributed by atoms with van der Waals surface area (Å²) in [6.45, 7) is 1.90. The molecule has 1 N–H and O–H groups in total. The van der Waals surface area contributed by atoms with E-state index in [9.17, 15) is 9.90 Å². The predicted molar refractivity (Wildman–Crippen MR) is 60.7 cm³/mol. The summed E-state index contributed by atoms with van der Waals surface area (Å²) in [7, 11) is 0. The number of aliphatic hydroxyl groups is 1. The molecule has 0 fully saturated rings. The highest BCUT2D eigenvalue weighted by Gasteiger charge is 2.21. The number of rotatable bonds is 3. The van der Waals surface area contributed by atoms with E-state index in [2.05, 4.69) is 15.9 Å². The third-order valence-corrected chi connectivity index (χ3v) is 2.60. The van der Waals surface area contributed by atoms with E-state index in [1.165, 1.54) is 0 Å². The molecular weight excluding hydrogens is 283 g/mol. The summed E-state index contributed by atoms with van der Waals surface area (Å²) in [5.41, 5.74) is 0.337. The van der Waals surface area contributed by atoms with E-state index in [4.69, 9.17) is 16.3 Å². The van der Waals surface area contributed by atoms with E-state index in [0.717, 1.165) is 4.47 Å². The highest BCUT2D eigenvalue weighted by atomic mass is 79.9. The van der Waals surface area contributed by atoms with E-state index < -0.39 is 12.1 Å². The number of aliphatic hydroxyl groups excluding tert-OH is 1. The van der Waals surface area contributed by atoms with Crippen molar-refractivity contribution < 1.29 is 14.6 Å². The molecule has 0 bridgehead atoms. The van der Waals surface area contributed by atoms with Gasteiger partial charge >= 0.3 is 5.97 Å². The van der Waals surface area contributed by atoms with Crippen LogP contribution in [0.4, 0.5) is 0 Å². The van der Waals surface area contributed by atoms with Gasteiger partial charge in [0.2, 0.25) is 0 Å². The van der Waals surface area contributed by atoms with Crippen LogP contribution in [0.2, 0.25) is 5.02 Å². The molecule has 82 valence electrons. The molecule has 0 saturated carbocycles. The standard InChI is InChI=1S/C10H10BrClO3/c1-2-15-10(14)9(13)7-5-6(11)3-4-8(7)12/h3-5,9,13H,2H2,1H3. The van der Waals surface area contributed by atoms with Crippen molar-refractivity contribution >= 4 is 33.5 Å². The number of halogens is 2. The molecule has 1 aromatic rings. The van der Waals surface area contributed by atoms with Gasteiger partial charge in [-0.1, -0.05) is 27.5 Å². The minimum absolute atomic E-state index is 0.224. The summed E-state index contributed by atoms with van der Waals surface area (Å²) in [5, 5.41) is 9.98.